The lowest BCUT2D eigenvalue weighted by Gasteiger charge is -2.35. The van der Waals surface area contributed by atoms with E-state index in [9.17, 15) is 13.2 Å². The third kappa shape index (κ3) is 4.73. The van der Waals surface area contributed by atoms with Crippen LogP contribution in [-0.4, -0.2) is 36.5 Å². The van der Waals surface area contributed by atoms with Crippen LogP contribution in [0.5, 0.6) is 0 Å². The van der Waals surface area contributed by atoms with Crippen molar-refractivity contribution in [3.8, 4) is 0 Å². The van der Waals surface area contributed by atoms with Gasteiger partial charge in [0.25, 0.3) is 0 Å². The van der Waals surface area contributed by atoms with Gasteiger partial charge in [0.2, 0.25) is 0 Å². The molecule has 0 aliphatic carbocycles. The minimum absolute atomic E-state index is 0.154. The predicted octanol–water partition coefficient (Wildman–Crippen LogP) is 4.22. The zero-order chi connectivity index (χ0) is 18.7. The van der Waals surface area contributed by atoms with Gasteiger partial charge in [0.15, 0.2) is 5.13 Å². The minimum atomic E-state index is -4.34. The van der Waals surface area contributed by atoms with Crippen LogP contribution in [0.4, 0.5) is 24.0 Å². The number of hydrogen-bond donors (Lipinski definition) is 1. The lowest BCUT2D eigenvalue weighted by atomic mass is 10.2. The smallest absolute Gasteiger partial charge is 0.372 e. The Morgan fingerprint density at radius 3 is 2.50 bits per heavy atom. The molecule has 0 radical (unpaired) electrons. The Bertz CT molecular complexity index is 750. The number of anilines is 2. The van der Waals surface area contributed by atoms with E-state index in [0.717, 1.165) is 35.2 Å². The van der Waals surface area contributed by atoms with Gasteiger partial charge in [0.05, 0.1) is 34.6 Å². The highest BCUT2D eigenvalue weighted by molar-refractivity contribution is 7.17. The number of morpholine rings is 1. The first-order valence-electron chi connectivity index (χ1n) is 8.14. The van der Waals surface area contributed by atoms with Crippen LogP contribution in [0.1, 0.15) is 24.3 Å². The van der Waals surface area contributed by atoms with Gasteiger partial charge >= 0.3 is 6.18 Å². The van der Waals surface area contributed by atoms with Crippen molar-refractivity contribution in [2.45, 2.75) is 32.2 Å². The number of hydrogen-bond acceptors (Lipinski definition) is 6. The highest BCUT2D eigenvalue weighted by Crippen LogP contribution is 2.30. The van der Waals surface area contributed by atoms with Crippen LogP contribution in [0.3, 0.4) is 0 Å². The molecule has 2 aromatic rings. The Balaban J connectivity index is 1.59. The molecule has 2 heterocycles. The molecule has 26 heavy (non-hydrogen) atoms. The normalized spacial score (nSPS) is 21.3. The van der Waals surface area contributed by atoms with E-state index in [1.165, 1.54) is 23.5 Å². The number of hydrazone groups is 1. The van der Waals surface area contributed by atoms with E-state index in [1.807, 2.05) is 13.8 Å². The van der Waals surface area contributed by atoms with Crippen molar-refractivity contribution in [1.29, 1.82) is 0 Å². The summed E-state index contributed by atoms with van der Waals surface area (Å²) in [5, 5.41) is 4.97. The van der Waals surface area contributed by atoms with Gasteiger partial charge in [-0.05, 0) is 38.1 Å². The molecule has 9 heteroatoms. The highest BCUT2D eigenvalue weighted by Gasteiger charge is 2.29. The maximum Gasteiger partial charge on any atom is 0.416 e. The van der Waals surface area contributed by atoms with Crippen LogP contribution < -0.4 is 10.3 Å². The first-order valence-corrected chi connectivity index (χ1v) is 8.95. The summed E-state index contributed by atoms with van der Waals surface area (Å²) in [5.74, 6) is 0. The number of nitrogens with one attached hydrogen (secondary N) is 1. The van der Waals surface area contributed by atoms with Crippen LogP contribution in [0.2, 0.25) is 0 Å². The van der Waals surface area contributed by atoms with Gasteiger partial charge in [0.1, 0.15) is 0 Å². The van der Waals surface area contributed by atoms with Gasteiger partial charge in [0, 0.05) is 19.3 Å². The summed E-state index contributed by atoms with van der Waals surface area (Å²) in [6, 6.07) is 4.72. The molecule has 1 aliphatic rings. The Morgan fingerprint density at radius 1 is 1.23 bits per heavy atom. The number of ether oxygens (including phenoxy) is 1. The standard InChI is InChI=1S/C17H19F3N4OS/c1-11-9-24(10-12(2)25-11)16-21-7-15(26-16)8-22-23-14-5-3-13(4-6-14)17(18,19)20/h3-8,11-12,23H,9-10H2,1-2H3. The number of alkyl halides is 3. The van der Waals surface area contributed by atoms with E-state index in [-0.39, 0.29) is 12.2 Å². The summed E-state index contributed by atoms with van der Waals surface area (Å²) >= 11 is 1.51. The molecular weight excluding hydrogens is 365 g/mol. The lowest BCUT2D eigenvalue weighted by Crippen LogP contribution is -2.45. The fourth-order valence-electron chi connectivity index (χ4n) is 2.72. The van der Waals surface area contributed by atoms with Crippen LogP contribution >= 0.6 is 11.3 Å². The molecule has 0 spiro atoms. The second-order valence-corrected chi connectivity index (χ2v) is 7.19. The van der Waals surface area contributed by atoms with E-state index in [2.05, 4.69) is 20.4 Å². The Kier molecular flexibility index (Phi) is 5.47. The Morgan fingerprint density at radius 2 is 1.88 bits per heavy atom. The molecule has 1 aromatic carbocycles. The van der Waals surface area contributed by atoms with Crippen molar-refractivity contribution in [1.82, 2.24) is 4.98 Å². The van der Waals surface area contributed by atoms with Crippen molar-refractivity contribution in [2.24, 2.45) is 5.10 Å². The average molecular weight is 384 g/mol. The topological polar surface area (TPSA) is 49.8 Å². The van der Waals surface area contributed by atoms with Crippen molar-refractivity contribution in [3.05, 3.63) is 40.9 Å². The van der Waals surface area contributed by atoms with Crippen molar-refractivity contribution < 1.29 is 17.9 Å². The molecule has 1 aromatic heterocycles. The zero-order valence-electron chi connectivity index (χ0n) is 14.3. The Labute approximate surface area is 153 Å². The largest absolute Gasteiger partial charge is 0.416 e. The highest BCUT2D eigenvalue weighted by atomic mass is 32.1. The fraction of sp³-hybridized carbons (Fsp3) is 0.412. The predicted molar refractivity (Wildman–Crippen MR) is 97.0 cm³/mol. The molecule has 2 atom stereocenters. The molecule has 1 fully saturated rings. The number of benzene rings is 1. The number of rotatable bonds is 4. The molecule has 1 saturated heterocycles. The number of nitrogens with zero attached hydrogens (tertiary/aromatic N) is 3. The zero-order valence-corrected chi connectivity index (χ0v) is 15.1. The average Bonchev–Trinajstić information content (AvgIpc) is 3.02. The summed E-state index contributed by atoms with van der Waals surface area (Å²) in [4.78, 5) is 7.46. The molecule has 2 unspecified atom stereocenters. The second kappa shape index (κ2) is 7.63. The Hall–Kier alpha value is -2.13. The van der Waals surface area contributed by atoms with Crippen LogP contribution in [0.25, 0.3) is 0 Å². The summed E-state index contributed by atoms with van der Waals surface area (Å²) in [6.45, 7) is 5.65. The monoisotopic (exact) mass is 384 g/mol. The summed E-state index contributed by atoms with van der Waals surface area (Å²) < 4.78 is 43.3. The fourth-order valence-corrected chi connectivity index (χ4v) is 3.53. The molecular formula is C17H19F3N4OS. The minimum Gasteiger partial charge on any atom is -0.372 e. The third-order valence-electron chi connectivity index (χ3n) is 3.80. The lowest BCUT2D eigenvalue weighted by molar-refractivity contribution is -0.137. The number of thiazole rings is 1. The van der Waals surface area contributed by atoms with Crippen molar-refractivity contribution in [3.63, 3.8) is 0 Å². The molecule has 0 saturated carbocycles. The summed E-state index contributed by atoms with van der Waals surface area (Å²) in [7, 11) is 0. The van der Waals surface area contributed by atoms with Crippen LogP contribution in [0, 0.1) is 0 Å². The van der Waals surface area contributed by atoms with Gasteiger partial charge in [-0.3, -0.25) is 5.43 Å². The third-order valence-corrected chi connectivity index (χ3v) is 4.79. The van der Waals surface area contributed by atoms with Gasteiger partial charge < -0.3 is 9.64 Å². The van der Waals surface area contributed by atoms with Gasteiger partial charge in [-0.15, -0.1) is 0 Å². The molecule has 0 bridgehead atoms. The first kappa shape index (κ1) is 18.7. The van der Waals surface area contributed by atoms with E-state index in [4.69, 9.17) is 4.74 Å². The van der Waals surface area contributed by atoms with Gasteiger partial charge in [-0.25, -0.2) is 4.98 Å². The van der Waals surface area contributed by atoms with Crippen LogP contribution in [-0.2, 0) is 10.9 Å². The maximum atomic E-state index is 12.5. The second-order valence-electron chi connectivity index (χ2n) is 6.15. The first-order chi connectivity index (χ1) is 12.3. The number of aromatic nitrogens is 1. The van der Waals surface area contributed by atoms with E-state index < -0.39 is 11.7 Å². The maximum absolute atomic E-state index is 12.5. The van der Waals surface area contributed by atoms with E-state index in [1.54, 1.807) is 12.4 Å². The van der Waals surface area contributed by atoms with Crippen LogP contribution in [0.15, 0.2) is 35.6 Å². The molecule has 0 amide bonds. The molecule has 140 valence electrons. The molecule has 3 rings (SSSR count). The summed E-state index contributed by atoms with van der Waals surface area (Å²) in [5.41, 5.74) is 2.52. The molecule has 1 N–H and O–H groups in total. The van der Waals surface area contributed by atoms with Gasteiger partial charge in [-0.1, -0.05) is 11.3 Å². The summed E-state index contributed by atoms with van der Waals surface area (Å²) in [6.07, 6.45) is -0.702. The molecule has 1 aliphatic heterocycles. The number of halogens is 3. The van der Waals surface area contributed by atoms with Crippen molar-refractivity contribution in [2.75, 3.05) is 23.4 Å². The van der Waals surface area contributed by atoms with Crippen molar-refractivity contribution >= 4 is 28.4 Å². The SMILES string of the molecule is CC1CN(c2ncc(C=NNc3ccc(C(F)(F)F)cc3)s2)CC(C)O1. The molecule has 5 nitrogen and oxygen atoms in total. The van der Waals surface area contributed by atoms with E-state index >= 15 is 0 Å². The quantitative estimate of drug-likeness (QED) is 0.633. The van der Waals surface area contributed by atoms with E-state index in [0.29, 0.717) is 5.69 Å². The van der Waals surface area contributed by atoms with Gasteiger partial charge in [-0.2, -0.15) is 18.3 Å².